The fourth-order valence-corrected chi connectivity index (χ4v) is 2.99. The topological polar surface area (TPSA) is 56.8 Å². The fraction of sp³-hybridized carbons (Fsp3) is 0.625. The van der Waals surface area contributed by atoms with E-state index in [1.54, 1.807) is 0 Å². The first kappa shape index (κ1) is 24.5. The summed E-state index contributed by atoms with van der Waals surface area (Å²) in [4.78, 5) is 12.2. The second kappa shape index (κ2) is 8.39. The van der Waals surface area contributed by atoms with Gasteiger partial charge in [-0.1, -0.05) is 51.1 Å². The van der Waals surface area contributed by atoms with Crippen molar-refractivity contribution < 1.29 is 18.8 Å². The highest BCUT2D eigenvalue weighted by molar-refractivity contribution is 6.56. The Hall–Kier alpha value is -1.79. The van der Waals surface area contributed by atoms with Gasteiger partial charge in [-0.05, 0) is 70.5 Å². The van der Waals surface area contributed by atoms with Crippen LogP contribution in [0.4, 0.5) is 4.79 Å². The van der Waals surface area contributed by atoms with E-state index in [4.69, 9.17) is 14.0 Å². The minimum absolute atomic E-state index is 0.0448. The third kappa shape index (κ3) is 6.35. The molecule has 1 amide bonds. The van der Waals surface area contributed by atoms with Crippen LogP contribution in [-0.4, -0.2) is 36.6 Å². The van der Waals surface area contributed by atoms with E-state index in [1.165, 1.54) is 5.56 Å². The maximum atomic E-state index is 12.2. The largest absolute Gasteiger partial charge is 0.492 e. The lowest BCUT2D eigenvalue weighted by Gasteiger charge is -2.32. The summed E-state index contributed by atoms with van der Waals surface area (Å²) in [6.45, 7) is 20.4. The van der Waals surface area contributed by atoms with Crippen molar-refractivity contribution in [3.8, 4) is 0 Å². The van der Waals surface area contributed by atoms with E-state index in [-0.39, 0.29) is 12.0 Å². The molecular weight excluding hydrogens is 377 g/mol. The summed E-state index contributed by atoms with van der Waals surface area (Å²) in [5, 5.41) is 2.85. The van der Waals surface area contributed by atoms with E-state index < -0.39 is 30.0 Å². The van der Waals surface area contributed by atoms with Crippen molar-refractivity contribution in [3.63, 3.8) is 0 Å². The molecule has 1 aliphatic rings. The van der Waals surface area contributed by atoms with Crippen molar-refractivity contribution in [2.24, 2.45) is 0 Å². The number of ether oxygens (including phenoxy) is 1. The van der Waals surface area contributed by atoms with Crippen LogP contribution >= 0.6 is 0 Å². The normalized spacial score (nSPS) is 19.0. The van der Waals surface area contributed by atoms with Crippen LogP contribution < -0.4 is 5.32 Å². The number of hydrogen-bond donors (Lipinski definition) is 1. The van der Waals surface area contributed by atoms with Crippen molar-refractivity contribution in [1.29, 1.82) is 0 Å². The molecular formula is C24H38BNO4. The first-order chi connectivity index (χ1) is 13.5. The molecule has 1 saturated heterocycles. The van der Waals surface area contributed by atoms with E-state index in [0.717, 1.165) is 11.0 Å². The first-order valence-corrected chi connectivity index (χ1v) is 10.6. The van der Waals surface area contributed by atoms with Crippen LogP contribution in [-0.2, 0) is 19.5 Å². The third-order valence-corrected chi connectivity index (χ3v) is 5.50. The minimum Gasteiger partial charge on any atom is -0.444 e. The molecule has 0 spiro atoms. The monoisotopic (exact) mass is 415 g/mol. The zero-order valence-corrected chi connectivity index (χ0v) is 20.3. The van der Waals surface area contributed by atoms with Crippen molar-refractivity contribution in [2.75, 3.05) is 6.54 Å². The maximum absolute atomic E-state index is 12.2. The smallest absolute Gasteiger partial charge is 0.444 e. The molecule has 1 aromatic rings. The molecule has 0 radical (unpaired) electrons. The lowest BCUT2D eigenvalue weighted by atomic mass is 9.76. The molecule has 1 aliphatic heterocycles. The molecule has 1 heterocycles. The Kier molecular flexibility index (Phi) is 6.85. The second-order valence-electron chi connectivity index (χ2n) is 11.0. The van der Waals surface area contributed by atoms with Gasteiger partial charge in [0.2, 0.25) is 0 Å². The van der Waals surface area contributed by atoms with Crippen LogP contribution in [0.5, 0.6) is 0 Å². The molecule has 2 rings (SSSR count). The summed E-state index contributed by atoms with van der Waals surface area (Å²) in [6, 6.07) is 8.40. The number of nitrogens with one attached hydrogen (secondary N) is 1. The average Bonchev–Trinajstić information content (AvgIpc) is 2.77. The molecule has 0 saturated carbocycles. The first-order valence-electron chi connectivity index (χ1n) is 10.6. The van der Waals surface area contributed by atoms with Crippen LogP contribution in [0, 0.1) is 0 Å². The standard InChI is InChI=1S/C24H38BNO4/c1-21(2,3)18-13-11-12-17(14-18)15-19(16-26-20(27)28-22(4,5)6)25-29-23(7,8)24(9,10)30-25/h11-15H,16H2,1-10H3,(H,26,27). The van der Waals surface area contributed by atoms with Crippen molar-refractivity contribution >= 4 is 19.3 Å². The summed E-state index contributed by atoms with van der Waals surface area (Å²) >= 11 is 0. The van der Waals surface area contributed by atoms with E-state index in [2.05, 4.69) is 44.3 Å². The number of carbonyl (C=O) groups is 1. The molecule has 0 unspecified atom stereocenters. The van der Waals surface area contributed by atoms with Crippen molar-refractivity contribution in [1.82, 2.24) is 5.32 Å². The number of benzene rings is 1. The highest BCUT2D eigenvalue weighted by Crippen LogP contribution is 2.39. The van der Waals surface area contributed by atoms with Crippen LogP contribution in [0.1, 0.15) is 80.4 Å². The summed E-state index contributed by atoms with van der Waals surface area (Å²) in [6.07, 6.45) is 1.57. The van der Waals surface area contributed by atoms with Crippen molar-refractivity contribution in [3.05, 3.63) is 40.9 Å². The van der Waals surface area contributed by atoms with Gasteiger partial charge >= 0.3 is 13.2 Å². The molecule has 30 heavy (non-hydrogen) atoms. The lowest BCUT2D eigenvalue weighted by Crippen LogP contribution is -2.41. The molecule has 0 aromatic heterocycles. The molecule has 0 aliphatic carbocycles. The van der Waals surface area contributed by atoms with Crippen LogP contribution in [0.15, 0.2) is 29.7 Å². The van der Waals surface area contributed by atoms with Crippen LogP contribution in [0.3, 0.4) is 0 Å². The van der Waals surface area contributed by atoms with Crippen LogP contribution in [0.25, 0.3) is 6.08 Å². The average molecular weight is 415 g/mol. The zero-order valence-electron chi connectivity index (χ0n) is 20.3. The number of carbonyl (C=O) groups excluding carboxylic acids is 1. The second-order valence-corrected chi connectivity index (χ2v) is 11.0. The van der Waals surface area contributed by atoms with Gasteiger partial charge in [0.05, 0.1) is 11.2 Å². The van der Waals surface area contributed by atoms with Crippen LogP contribution in [0.2, 0.25) is 0 Å². The van der Waals surface area contributed by atoms with Gasteiger partial charge in [-0.2, -0.15) is 0 Å². The highest BCUT2D eigenvalue weighted by atomic mass is 16.7. The molecule has 0 atom stereocenters. The zero-order chi connectivity index (χ0) is 23.0. The molecule has 1 aromatic carbocycles. The van der Waals surface area contributed by atoms with Gasteiger partial charge in [0.25, 0.3) is 0 Å². The minimum atomic E-state index is -0.556. The Morgan fingerprint density at radius 2 is 1.63 bits per heavy atom. The molecule has 1 N–H and O–H groups in total. The predicted octanol–water partition coefficient (Wildman–Crippen LogP) is 5.52. The third-order valence-electron chi connectivity index (χ3n) is 5.50. The van der Waals surface area contributed by atoms with Gasteiger partial charge in [0.1, 0.15) is 5.60 Å². The summed E-state index contributed by atoms with van der Waals surface area (Å²) in [7, 11) is -0.553. The van der Waals surface area contributed by atoms with Gasteiger partial charge in [-0.25, -0.2) is 4.79 Å². The molecule has 0 bridgehead atoms. The Bertz CT molecular complexity index is 784. The molecule has 166 valence electrons. The molecule has 5 nitrogen and oxygen atoms in total. The lowest BCUT2D eigenvalue weighted by molar-refractivity contribution is 0.00578. The quantitative estimate of drug-likeness (QED) is 0.658. The van der Waals surface area contributed by atoms with Gasteiger partial charge in [0, 0.05) is 6.54 Å². The van der Waals surface area contributed by atoms with E-state index in [1.807, 2.05) is 60.6 Å². The van der Waals surface area contributed by atoms with E-state index in [0.29, 0.717) is 0 Å². The van der Waals surface area contributed by atoms with Gasteiger partial charge < -0.3 is 19.4 Å². The SMILES string of the molecule is CC(C)(C)OC(=O)NCC(=Cc1cccc(C(C)(C)C)c1)B1OC(C)(C)C(C)(C)O1. The van der Waals surface area contributed by atoms with Gasteiger partial charge in [0.15, 0.2) is 0 Å². The van der Waals surface area contributed by atoms with E-state index >= 15 is 0 Å². The maximum Gasteiger partial charge on any atom is 0.492 e. The summed E-state index contributed by atoms with van der Waals surface area (Å²) < 4.78 is 17.9. The predicted molar refractivity (Wildman–Crippen MR) is 123 cm³/mol. The highest BCUT2D eigenvalue weighted by Gasteiger charge is 2.52. The molecule has 6 heteroatoms. The number of amides is 1. The van der Waals surface area contributed by atoms with Crippen molar-refractivity contribution in [2.45, 2.75) is 91.5 Å². The summed E-state index contributed by atoms with van der Waals surface area (Å²) in [5.41, 5.74) is 1.68. The summed E-state index contributed by atoms with van der Waals surface area (Å²) in [5.74, 6) is 0. The number of alkyl carbamates (subject to hydrolysis) is 1. The number of rotatable bonds is 4. The van der Waals surface area contributed by atoms with Gasteiger partial charge in [-0.15, -0.1) is 0 Å². The van der Waals surface area contributed by atoms with Gasteiger partial charge in [-0.3, -0.25) is 0 Å². The Labute approximate surface area is 182 Å². The Morgan fingerprint density at radius 1 is 1.07 bits per heavy atom. The molecule has 1 fully saturated rings. The van der Waals surface area contributed by atoms with E-state index in [9.17, 15) is 4.79 Å². The number of hydrogen-bond acceptors (Lipinski definition) is 4. The Balaban J connectivity index is 2.32. The Morgan fingerprint density at radius 3 is 2.13 bits per heavy atom. The fourth-order valence-electron chi connectivity index (χ4n) is 2.99.